The first-order valence-electron chi connectivity index (χ1n) is 9.20. The summed E-state index contributed by atoms with van der Waals surface area (Å²) < 4.78 is 58.5. The molecule has 29 heavy (non-hydrogen) atoms. The van der Waals surface area contributed by atoms with Gasteiger partial charge in [-0.15, -0.1) is 0 Å². The van der Waals surface area contributed by atoms with E-state index in [4.69, 9.17) is 4.74 Å². The quantitative estimate of drug-likeness (QED) is 0.686. The Kier molecular flexibility index (Phi) is 6.49. The van der Waals surface area contributed by atoms with Gasteiger partial charge in [-0.3, -0.25) is 4.79 Å². The number of likely N-dealkylation sites (N-methyl/N-ethyl adjacent to an activating group) is 1. The maximum Gasteiger partial charge on any atom is 0.243 e. The highest BCUT2D eigenvalue weighted by atomic mass is 32.2. The minimum absolute atomic E-state index is 0.0408. The highest BCUT2D eigenvalue weighted by Gasteiger charge is 2.40. The lowest BCUT2D eigenvalue weighted by Gasteiger charge is -2.27. The lowest BCUT2D eigenvalue weighted by molar-refractivity contribution is -0.133. The van der Waals surface area contributed by atoms with Gasteiger partial charge in [0.15, 0.2) is 0 Å². The molecule has 2 aromatic rings. The summed E-state index contributed by atoms with van der Waals surface area (Å²) in [7, 11) is -2.32. The van der Waals surface area contributed by atoms with Gasteiger partial charge in [0.2, 0.25) is 15.9 Å². The number of carbonyl (C=O) groups is 1. The van der Waals surface area contributed by atoms with Crippen molar-refractivity contribution in [3.63, 3.8) is 0 Å². The Morgan fingerprint density at radius 2 is 1.69 bits per heavy atom. The third-order valence-corrected chi connectivity index (χ3v) is 6.72. The summed E-state index contributed by atoms with van der Waals surface area (Å²) in [4.78, 5) is 14.2. The van der Waals surface area contributed by atoms with Crippen LogP contribution in [0.2, 0.25) is 0 Å². The number of carbonyl (C=O) groups excluding carboxylic acids is 1. The average Bonchev–Trinajstić information content (AvgIpc) is 3.20. The van der Waals surface area contributed by atoms with Crippen LogP contribution < -0.4 is 4.74 Å². The second kappa shape index (κ2) is 8.87. The Hall–Kier alpha value is -2.52. The summed E-state index contributed by atoms with van der Waals surface area (Å²) in [6.45, 7) is 0.665. The molecule has 3 rings (SSSR count). The summed E-state index contributed by atoms with van der Waals surface area (Å²) in [5.74, 6) is -0.739. The summed E-state index contributed by atoms with van der Waals surface area (Å²) in [5, 5.41) is 0. The maximum atomic E-state index is 13.1. The van der Waals surface area contributed by atoms with Crippen LogP contribution in [0.1, 0.15) is 12.8 Å². The molecule has 0 bridgehead atoms. The van der Waals surface area contributed by atoms with E-state index in [1.54, 1.807) is 7.05 Å². The molecule has 1 saturated heterocycles. The molecule has 1 unspecified atom stereocenters. The molecule has 1 aliphatic heterocycles. The molecule has 1 heterocycles. The van der Waals surface area contributed by atoms with Crippen LogP contribution in [0.5, 0.6) is 5.75 Å². The summed E-state index contributed by atoms with van der Waals surface area (Å²) in [6.07, 6.45) is 0.985. The number of amides is 1. The summed E-state index contributed by atoms with van der Waals surface area (Å²) in [5.41, 5.74) is 0. The number of halogens is 2. The third-order valence-electron chi connectivity index (χ3n) is 4.79. The number of nitrogens with zero attached hydrogens (tertiary/aromatic N) is 2. The van der Waals surface area contributed by atoms with Crippen molar-refractivity contribution in [2.75, 3.05) is 26.7 Å². The molecule has 9 heteroatoms. The minimum atomic E-state index is -3.90. The first-order chi connectivity index (χ1) is 13.8. The largest absolute Gasteiger partial charge is 0.492 e. The molecule has 156 valence electrons. The normalized spacial score (nSPS) is 17.3. The fraction of sp³-hybridized carbons (Fsp3) is 0.350. The first-order valence-corrected chi connectivity index (χ1v) is 10.6. The molecule has 0 aliphatic carbocycles. The van der Waals surface area contributed by atoms with Crippen molar-refractivity contribution >= 4 is 15.9 Å². The van der Waals surface area contributed by atoms with E-state index in [2.05, 4.69) is 0 Å². The molecule has 0 saturated carbocycles. The van der Waals surface area contributed by atoms with Gasteiger partial charge in [-0.2, -0.15) is 4.31 Å². The Labute approximate surface area is 168 Å². The smallest absolute Gasteiger partial charge is 0.243 e. The van der Waals surface area contributed by atoms with Crippen LogP contribution in [0.4, 0.5) is 8.78 Å². The van der Waals surface area contributed by atoms with Crippen molar-refractivity contribution in [1.82, 2.24) is 9.21 Å². The zero-order valence-corrected chi connectivity index (χ0v) is 16.7. The van der Waals surface area contributed by atoms with E-state index in [0.29, 0.717) is 18.6 Å². The van der Waals surface area contributed by atoms with Crippen molar-refractivity contribution in [3.8, 4) is 5.75 Å². The highest BCUT2D eigenvalue weighted by molar-refractivity contribution is 7.89. The molecule has 1 atom stereocenters. The molecular weight excluding hydrogens is 402 g/mol. The van der Waals surface area contributed by atoms with Crippen LogP contribution in [0.25, 0.3) is 0 Å². The number of hydrogen-bond donors (Lipinski definition) is 0. The topological polar surface area (TPSA) is 66.9 Å². The number of sulfonamides is 1. The van der Waals surface area contributed by atoms with Gasteiger partial charge < -0.3 is 9.64 Å². The monoisotopic (exact) mass is 424 g/mol. The molecule has 0 radical (unpaired) electrons. The Balaban J connectivity index is 1.62. The van der Waals surface area contributed by atoms with Crippen LogP contribution >= 0.6 is 0 Å². The van der Waals surface area contributed by atoms with E-state index in [0.717, 1.165) is 12.1 Å². The fourth-order valence-corrected chi connectivity index (χ4v) is 4.86. The SMILES string of the molecule is CN(CCOc1ccc(F)cc1)C(=O)C1CCCN1S(=O)(=O)c1ccc(F)cc1. The van der Waals surface area contributed by atoms with Crippen molar-refractivity contribution in [2.45, 2.75) is 23.8 Å². The molecule has 0 spiro atoms. The molecule has 1 aliphatic rings. The summed E-state index contributed by atoms with van der Waals surface area (Å²) >= 11 is 0. The molecular formula is C20H22F2N2O4S. The van der Waals surface area contributed by atoms with Crippen LogP contribution in [0, 0.1) is 11.6 Å². The van der Waals surface area contributed by atoms with Crippen molar-refractivity contribution in [1.29, 1.82) is 0 Å². The van der Waals surface area contributed by atoms with Crippen LogP contribution in [0.15, 0.2) is 53.4 Å². The van der Waals surface area contributed by atoms with Crippen LogP contribution in [0.3, 0.4) is 0 Å². The zero-order valence-electron chi connectivity index (χ0n) is 15.9. The zero-order chi connectivity index (χ0) is 21.0. The molecule has 1 fully saturated rings. The van der Waals surface area contributed by atoms with Crippen LogP contribution in [-0.4, -0.2) is 56.3 Å². The van der Waals surface area contributed by atoms with Gasteiger partial charge >= 0.3 is 0 Å². The van der Waals surface area contributed by atoms with Gasteiger partial charge in [0.1, 0.15) is 30.0 Å². The molecule has 2 aromatic carbocycles. The van der Waals surface area contributed by atoms with Gasteiger partial charge in [-0.25, -0.2) is 17.2 Å². The second-order valence-electron chi connectivity index (χ2n) is 6.79. The number of benzene rings is 2. The number of hydrogen-bond acceptors (Lipinski definition) is 4. The van der Waals surface area contributed by atoms with Gasteiger partial charge in [-0.05, 0) is 61.4 Å². The summed E-state index contributed by atoms with van der Waals surface area (Å²) in [6, 6.07) is 9.30. The predicted molar refractivity (Wildman–Crippen MR) is 103 cm³/mol. The van der Waals surface area contributed by atoms with E-state index in [1.165, 1.54) is 45.6 Å². The highest BCUT2D eigenvalue weighted by Crippen LogP contribution is 2.27. The van der Waals surface area contributed by atoms with Crippen LogP contribution in [-0.2, 0) is 14.8 Å². The van der Waals surface area contributed by atoms with Gasteiger partial charge in [0, 0.05) is 13.6 Å². The van der Waals surface area contributed by atoms with E-state index >= 15 is 0 Å². The van der Waals surface area contributed by atoms with Crippen molar-refractivity contribution in [2.24, 2.45) is 0 Å². The molecule has 0 aromatic heterocycles. The second-order valence-corrected chi connectivity index (χ2v) is 8.68. The van der Waals surface area contributed by atoms with E-state index in [1.807, 2.05) is 0 Å². The van der Waals surface area contributed by atoms with E-state index < -0.39 is 21.9 Å². The molecule has 6 nitrogen and oxygen atoms in total. The minimum Gasteiger partial charge on any atom is -0.492 e. The number of ether oxygens (including phenoxy) is 1. The Bertz CT molecular complexity index is 949. The van der Waals surface area contributed by atoms with Crippen molar-refractivity contribution in [3.05, 3.63) is 60.2 Å². The third kappa shape index (κ3) is 4.91. The van der Waals surface area contributed by atoms with Crippen molar-refractivity contribution < 1.29 is 26.7 Å². The van der Waals surface area contributed by atoms with Gasteiger partial charge in [-0.1, -0.05) is 0 Å². The maximum absolute atomic E-state index is 13.1. The van der Waals surface area contributed by atoms with E-state index in [-0.39, 0.29) is 36.3 Å². The van der Waals surface area contributed by atoms with Gasteiger partial charge in [0.25, 0.3) is 0 Å². The standard InChI is InChI=1S/C20H22F2N2O4S/c1-23(13-14-28-17-8-4-15(21)5-9-17)20(25)19-3-2-12-24(19)29(26,27)18-10-6-16(22)7-11-18/h4-11,19H,2-3,12-14H2,1H3. The average molecular weight is 424 g/mol. The molecule has 1 amide bonds. The van der Waals surface area contributed by atoms with Gasteiger partial charge in [0.05, 0.1) is 11.4 Å². The lowest BCUT2D eigenvalue weighted by Crippen LogP contribution is -2.47. The first kappa shape index (κ1) is 21.2. The van der Waals surface area contributed by atoms with E-state index in [9.17, 15) is 22.0 Å². The lowest BCUT2D eigenvalue weighted by atomic mass is 10.2. The predicted octanol–water partition coefficient (Wildman–Crippen LogP) is 2.66. The fourth-order valence-electron chi connectivity index (χ4n) is 3.21. The number of rotatable bonds is 7. The molecule has 0 N–H and O–H groups in total. The Morgan fingerprint density at radius 3 is 2.31 bits per heavy atom. The Morgan fingerprint density at radius 1 is 1.10 bits per heavy atom.